The van der Waals surface area contributed by atoms with Crippen molar-refractivity contribution in [2.45, 2.75) is 38.6 Å². The van der Waals surface area contributed by atoms with Gasteiger partial charge in [-0.05, 0) is 19.1 Å². The molecule has 0 aliphatic carbocycles. The van der Waals surface area contributed by atoms with E-state index in [9.17, 15) is 9.59 Å². The van der Waals surface area contributed by atoms with Gasteiger partial charge in [-0.2, -0.15) is 11.8 Å². The molecule has 0 bridgehead atoms. The van der Waals surface area contributed by atoms with Crippen LogP contribution in [-0.2, 0) is 9.59 Å². The summed E-state index contributed by atoms with van der Waals surface area (Å²) < 4.78 is 0. The van der Waals surface area contributed by atoms with Crippen LogP contribution in [0.2, 0.25) is 0 Å². The van der Waals surface area contributed by atoms with Gasteiger partial charge in [-0.15, -0.1) is 0 Å². The highest BCUT2D eigenvalue weighted by molar-refractivity contribution is 7.98. The van der Waals surface area contributed by atoms with E-state index >= 15 is 0 Å². The highest BCUT2D eigenvalue weighted by atomic mass is 32.2. The number of carboxylic acid groups (broad SMARTS) is 1. The number of amides is 1. The fourth-order valence-electron chi connectivity index (χ4n) is 1.31. The van der Waals surface area contributed by atoms with Crippen molar-refractivity contribution in [1.82, 2.24) is 5.32 Å². The Morgan fingerprint density at radius 3 is 2.20 bits per heavy atom. The summed E-state index contributed by atoms with van der Waals surface area (Å²) in [5.41, 5.74) is -1.09. The van der Waals surface area contributed by atoms with Crippen LogP contribution in [0.15, 0.2) is 0 Å². The minimum atomic E-state index is -1.09. The first-order valence-corrected chi connectivity index (χ1v) is 6.45. The summed E-state index contributed by atoms with van der Waals surface area (Å²) in [5, 5.41) is 11.7. The zero-order chi connectivity index (χ0) is 11.9. The SMILES string of the molecule is CCC(CC)(NC(=O)CCSC)C(=O)O. The predicted molar refractivity (Wildman–Crippen MR) is 62.1 cm³/mol. The lowest BCUT2D eigenvalue weighted by molar-refractivity contribution is -0.148. The standard InChI is InChI=1S/C10H19NO3S/c1-4-10(5-2,9(13)14)11-8(12)6-7-15-3/h4-7H2,1-3H3,(H,11,12)(H,13,14). The summed E-state index contributed by atoms with van der Waals surface area (Å²) in [7, 11) is 0. The monoisotopic (exact) mass is 233 g/mol. The van der Waals surface area contributed by atoms with Crippen LogP contribution in [0.5, 0.6) is 0 Å². The van der Waals surface area contributed by atoms with E-state index < -0.39 is 11.5 Å². The molecule has 0 aliphatic rings. The molecule has 4 nitrogen and oxygen atoms in total. The highest BCUT2D eigenvalue weighted by Gasteiger charge is 2.35. The average Bonchev–Trinajstić information content (AvgIpc) is 2.22. The highest BCUT2D eigenvalue weighted by Crippen LogP contribution is 2.15. The fourth-order valence-corrected chi connectivity index (χ4v) is 1.70. The van der Waals surface area contributed by atoms with E-state index in [0.717, 1.165) is 5.75 Å². The smallest absolute Gasteiger partial charge is 0.329 e. The lowest BCUT2D eigenvalue weighted by Crippen LogP contribution is -2.53. The van der Waals surface area contributed by atoms with Crippen LogP contribution in [-0.4, -0.2) is 34.5 Å². The third-order valence-electron chi connectivity index (χ3n) is 2.53. The second-order valence-corrected chi connectivity index (χ2v) is 4.37. The summed E-state index contributed by atoms with van der Waals surface area (Å²) in [5.74, 6) is -0.421. The van der Waals surface area contributed by atoms with E-state index in [1.807, 2.05) is 6.26 Å². The van der Waals surface area contributed by atoms with E-state index in [2.05, 4.69) is 5.32 Å². The molecule has 88 valence electrons. The molecule has 0 aromatic heterocycles. The van der Waals surface area contributed by atoms with Crippen molar-refractivity contribution in [3.63, 3.8) is 0 Å². The Hall–Kier alpha value is -0.710. The lowest BCUT2D eigenvalue weighted by Gasteiger charge is -2.27. The molecule has 5 heteroatoms. The maximum absolute atomic E-state index is 11.5. The zero-order valence-corrected chi connectivity index (χ0v) is 10.3. The predicted octanol–water partition coefficient (Wildman–Crippen LogP) is 1.50. The number of nitrogens with one attached hydrogen (secondary N) is 1. The van der Waals surface area contributed by atoms with E-state index in [-0.39, 0.29) is 5.91 Å². The molecule has 2 N–H and O–H groups in total. The maximum Gasteiger partial charge on any atom is 0.329 e. The van der Waals surface area contributed by atoms with Crippen molar-refractivity contribution in [2.75, 3.05) is 12.0 Å². The van der Waals surface area contributed by atoms with E-state index in [0.29, 0.717) is 19.3 Å². The minimum absolute atomic E-state index is 0.185. The van der Waals surface area contributed by atoms with Crippen LogP contribution in [0, 0.1) is 0 Å². The molecule has 0 saturated heterocycles. The molecule has 1 amide bonds. The molecule has 0 fully saturated rings. The Morgan fingerprint density at radius 2 is 1.87 bits per heavy atom. The van der Waals surface area contributed by atoms with Crippen LogP contribution in [0.4, 0.5) is 0 Å². The molecule has 0 aromatic carbocycles. The first-order chi connectivity index (χ1) is 7.02. The van der Waals surface area contributed by atoms with Gasteiger partial charge in [0, 0.05) is 12.2 Å². The van der Waals surface area contributed by atoms with Crippen molar-refractivity contribution in [2.24, 2.45) is 0 Å². The van der Waals surface area contributed by atoms with E-state index in [1.54, 1.807) is 25.6 Å². The second-order valence-electron chi connectivity index (χ2n) is 3.39. The van der Waals surface area contributed by atoms with Gasteiger partial charge in [-0.1, -0.05) is 13.8 Å². The van der Waals surface area contributed by atoms with Gasteiger partial charge >= 0.3 is 5.97 Å². The van der Waals surface area contributed by atoms with Crippen molar-refractivity contribution in [3.05, 3.63) is 0 Å². The number of aliphatic carboxylic acids is 1. The molecule has 0 unspecified atom stereocenters. The number of carbonyl (C=O) groups excluding carboxylic acids is 1. The maximum atomic E-state index is 11.5. The molecule has 0 heterocycles. The van der Waals surface area contributed by atoms with Crippen molar-refractivity contribution in [3.8, 4) is 0 Å². The topological polar surface area (TPSA) is 66.4 Å². The van der Waals surface area contributed by atoms with Gasteiger partial charge in [0.1, 0.15) is 5.54 Å². The van der Waals surface area contributed by atoms with Gasteiger partial charge in [0.25, 0.3) is 0 Å². The molecule has 0 spiro atoms. The van der Waals surface area contributed by atoms with E-state index in [1.165, 1.54) is 0 Å². The first kappa shape index (κ1) is 14.3. The Kier molecular flexibility index (Phi) is 6.40. The van der Waals surface area contributed by atoms with Crippen LogP contribution >= 0.6 is 11.8 Å². The van der Waals surface area contributed by atoms with Crippen molar-refractivity contribution >= 4 is 23.6 Å². The van der Waals surface area contributed by atoms with Crippen molar-refractivity contribution < 1.29 is 14.7 Å². The summed E-state index contributed by atoms with van der Waals surface area (Å²) in [6.07, 6.45) is 3.10. The molecule has 0 radical (unpaired) electrons. The summed E-state index contributed by atoms with van der Waals surface area (Å²) in [6, 6.07) is 0. The van der Waals surface area contributed by atoms with Crippen LogP contribution in [0.25, 0.3) is 0 Å². The molecule has 0 aliphatic heterocycles. The number of thioether (sulfide) groups is 1. The summed E-state index contributed by atoms with van der Waals surface area (Å²) in [6.45, 7) is 3.54. The van der Waals surface area contributed by atoms with Gasteiger partial charge in [-0.25, -0.2) is 4.79 Å². The van der Waals surface area contributed by atoms with E-state index in [4.69, 9.17) is 5.11 Å². The third kappa shape index (κ3) is 4.11. The van der Waals surface area contributed by atoms with Gasteiger partial charge in [0.05, 0.1) is 0 Å². The largest absolute Gasteiger partial charge is 0.480 e. The fraction of sp³-hybridized carbons (Fsp3) is 0.800. The number of hydrogen-bond donors (Lipinski definition) is 2. The molecule has 0 atom stereocenters. The average molecular weight is 233 g/mol. The second kappa shape index (κ2) is 6.71. The van der Waals surface area contributed by atoms with Gasteiger partial charge < -0.3 is 10.4 Å². The van der Waals surface area contributed by atoms with Crippen LogP contribution in [0.3, 0.4) is 0 Å². The van der Waals surface area contributed by atoms with Crippen LogP contribution < -0.4 is 5.32 Å². The molecule has 15 heavy (non-hydrogen) atoms. The van der Waals surface area contributed by atoms with Gasteiger partial charge in [-0.3, -0.25) is 4.79 Å². The Bertz CT molecular complexity index is 227. The van der Waals surface area contributed by atoms with Gasteiger partial charge in [0.15, 0.2) is 0 Å². The number of rotatable bonds is 7. The normalized spacial score (nSPS) is 11.1. The minimum Gasteiger partial charge on any atom is -0.480 e. The first-order valence-electron chi connectivity index (χ1n) is 5.05. The van der Waals surface area contributed by atoms with Crippen molar-refractivity contribution in [1.29, 1.82) is 0 Å². The van der Waals surface area contributed by atoms with Gasteiger partial charge in [0.2, 0.25) is 5.91 Å². The quantitative estimate of drug-likeness (QED) is 0.699. The molecular weight excluding hydrogens is 214 g/mol. The summed E-state index contributed by atoms with van der Waals surface area (Å²) in [4.78, 5) is 22.5. The lowest BCUT2D eigenvalue weighted by atomic mass is 9.93. The molecule has 0 rings (SSSR count). The number of carboxylic acids is 1. The molecular formula is C10H19NO3S. The summed E-state index contributed by atoms with van der Waals surface area (Å²) >= 11 is 1.57. The molecule has 0 saturated carbocycles. The Labute approximate surface area is 94.8 Å². The number of hydrogen-bond acceptors (Lipinski definition) is 3. The third-order valence-corrected chi connectivity index (χ3v) is 3.14. The zero-order valence-electron chi connectivity index (χ0n) is 9.50. The Balaban J connectivity index is 4.40. The molecule has 0 aromatic rings. The number of carbonyl (C=O) groups is 2. The Morgan fingerprint density at radius 1 is 1.33 bits per heavy atom. The van der Waals surface area contributed by atoms with Crippen LogP contribution in [0.1, 0.15) is 33.1 Å².